The minimum Gasteiger partial charge on any atom is -0.496 e. The summed E-state index contributed by atoms with van der Waals surface area (Å²) in [6, 6.07) is 14.6. The van der Waals surface area contributed by atoms with Gasteiger partial charge in [-0.3, -0.25) is 0 Å². The molecule has 0 amide bonds. The quantitative estimate of drug-likeness (QED) is 0.844. The first-order valence-electron chi connectivity index (χ1n) is 8.25. The molecule has 0 saturated carbocycles. The van der Waals surface area contributed by atoms with Crippen LogP contribution in [0.3, 0.4) is 0 Å². The molecule has 128 valence electrons. The van der Waals surface area contributed by atoms with Gasteiger partial charge in [0, 0.05) is 12.1 Å². The molecular formula is C19H23NO3S. The highest BCUT2D eigenvalue weighted by atomic mass is 32.2. The zero-order valence-electron chi connectivity index (χ0n) is 14.1. The maximum atomic E-state index is 13.2. The van der Waals surface area contributed by atoms with Crippen molar-refractivity contribution in [1.29, 1.82) is 0 Å². The lowest BCUT2D eigenvalue weighted by Gasteiger charge is -2.35. The summed E-state index contributed by atoms with van der Waals surface area (Å²) in [5.41, 5.74) is 1.99. The molecule has 4 nitrogen and oxygen atoms in total. The van der Waals surface area contributed by atoms with Gasteiger partial charge in [0.2, 0.25) is 10.0 Å². The zero-order valence-corrected chi connectivity index (χ0v) is 14.9. The van der Waals surface area contributed by atoms with E-state index in [1.54, 1.807) is 23.5 Å². The Labute approximate surface area is 144 Å². The average Bonchev–Trinajstić information content (AvgIpc) is 2.62. The maximum absolute atomic E-state index is 13.2. The number of hydrogen-bond acceptors (Lipinski definition) is 3. The van der Waals surface area contributed by atoms with E-state index in [0.717, 1.165) is 36.1 Å². The fourth-order valence-electron chi connectivity index (χ4n) is 3.29. The molecule has 1 aliphatic rings. The molecule has 1 atom stereocenters. The van der Waals surface area contributed by atoms with Crippen LogP contribution in [-0.4, -0.2) is 26.4 Å². The third kappa shape index (κ3) is 3.19. The first-order valence-corrected chi connectivity index (χ1v) is 9.69. The highest BCUT2D eigenvalue weighted by Crippen LogP contribution is 2.39. The fourth-order valence-corrected chi connectivity index (χ4v) is 4.97. The SMILES string of the molecule is COc1ccccc1C1CCCCN1S(=O)(=O)c1ccc(C)cc1. The number of rotatable bonds is 4. The van der Waals surface area contributed by atoms with Crippen LogP contribution in [0.25, 0.3) is 0 Å². The predicted molar refractivity (Wildman–Crippen MR) is 94.7 cm³/mol. The molecule has 1 heterocycles. The van der Waals surface area contributed by atoms with Crippen molar-refractivity contribution in [2.24, 2.45) is 0 Å². The molecule has 0 bridgehead atoms. The topological polar surface area (TPSA) is 46.6 Å². The van der Waals surface area contributed by atoms with E-state index >= 15 is 0 Å². The van der Waals surface area contributed by atoms with Gasteiger partial charge in [0.25, 0.3) is 0 Å². The highest BCUT2D eigenvalue weighted by molar-refractivity contribution is 7.89. The van der Waals surface area contributed by atoms with Crippen LogP contribution in [0.4, 0.5) is 0 Å². The van der Waals surface area contributed by atoms with Crippen LogP contribution < -0.4 is 4.74 Å². The van der Waals surface area contributed by atoms with E-state index in [-0.39, 0.29) is 6.04 Å². The van der Waals surface area contributed by atoms with Crippen molar-refractivity contribution < 1.29 is 13.2 Å². The van der Waals surface area contributed by atoms with Gasteiger partial charge >= 0.3 is 0 Å². The summed E-state index contributed by atoms with van der Waals surface area (Å²) in [6.45, 7) is 2.49. The Hall–Kier alpha value is -1.85. The monoisotopic (exact) mass is 345 g/mol. The van der Waals surface area contributed by atoms with E-state index in [0.29, 0.717) is 11.4 Å². The normalized spacial score (nSPS) is 19.2. The van der Waals surface area contributed by atoms with E-state index < -0.39 is 10.0 Å². The summed E-state index contributed by atoms with van der Waals surface area (Å²) in [5, 5.41) is 0. The predicted octanol–water partition coefficient (Wildman–Crippen LogP) is 3.92. The molecule has 0 radical (unpaired) electrons. The lowest BCUT2D eigenvalue weighted by atomic mass is 9.97. The van der Waals surface area contributed by atoms with Crippen LogP contribution in [0.5, 0.6) is 5.75 Å². The molecule has 0 aliphatic carbocycles. The largest absolute Gasteiger partial charge is 0.496 e. The minimum absolute atomic E-state index is 0.179. The van der Waals surface area contributed by atoms with Crippen molar-refractivity contribution in [3.63, 3.8) is 0 Å². The number of ether oxygens (including phenoxy) is 1. The molecule has 0 N–H and O–H groups in total. The Morgan fingerprint density at radius 2 is 1.75 bits per heavy atom. The number of hydrogen-bond donors (Lipinski definition) is 0. The van der Waals surface area contributed by atoms with Crippen molar-refractivity contribution >= 4 is 10.0 Å². The number of piperidine rings is 1. The molecule has 2 aromatic carbocycles. The molecular weight excluding hydrogens is 322 g/mol. The van der Waals surface area contributed by atoms with Gasteiger partial charge in [-0.05, 0) is 38.0 Å². The molecule has 0 spiro atoms. The van der Waals surface area contributed by atoms with Crippen LogP contribution in [0.15, 0.2) is 53.4 Å². The number of para-hydroxylation sites is 1. The van der Waals surface area contributed by atoms with Gasteiger partial charge in [0.05, 0.1) is 18.0 Å². The second-order valence-electron chi connectivity index (χ2n) is 6.18. The Morgan fingerprint density at radius 1 is 1.04 bits per heavy atom. The third-order valence-electron chi connectivity index (χ3n) is 4.58. The number of benzene rings is 2. The van der Waals surface area contributed by atoms with Gasteiger partial charge in [-0.2, -0.15) is 4.31 Å². The van der Waals surface area contributed by atoms with Crippen molar-refractivity contribution in [1.82, 2.24) is 4.31 Å². The van der Waals surface area contributed by atoms with Crippen LogP contribution in [0, 0.1) is 6.92 Å². The molecule has 0 aromatic heterocycles. The van der Waals surface area contributed by atoms with Crippen molar-refractivity contribution in [2.75, 3.05) is 13.7 Å². The zero-order chi connectivity index (χ0) is 17.2. The number of methoxy groups -OCH3 is 1. The minimum atomic E-state index is -3.52. The van der Waals surface area contributed by atoms with Gasteiger partial charge in [0.15, 0.2) is 0 Å². The van der Waals surface area contributed by atoms with Gasteiger partial charge in [-0.1, -0.05) is 42.3 Å². The summed E-state index contributed by atoms with van der Waals surface area (Å²) >= 11 is 0. The van der Waals surface area contributed by atoms with Gasteiger partial charge in [-0.15, -0.1) is 0 Å². The van der Waals surface area contributed by atoms with Gasteiger partial charge in [-0.25, -0.2) is 8.42 Å². The summed E-state index contributed by atoms with van der Waals surface area (Å²) in [7, 11) is -1.90. The van der Waals surface area contributed by atoms with E-state index in [9.17, 15) is 8.42 Å². The summed E-state index contributed by atoms with van der Waals surface area (Å²) < 4.78 is 33.4. The molecule has 1 unspecified atom stereocenters. The standard InChI is InChI=1S/C19H23NO3S/c1-15-10-12-16(13-11-15)24(21,22)20-14-6-5-8-18(20)17-7-3-4-9-19(17)23-2/h3-4,7,9-13,18H,5-6,8,14H2,1-2H3. The smallest absolute Gasteiger partial charge is 0.243 e. The lowest BCUT2D eigenvalue weighted by molar-refractivity contribution is 0.250. The van der Waals surface area contributed by atoms with E-state index in [2.05, 4.69) is 0 Å². The Bertz CT molecular complexity index is 800. The average molecular weight is 345 g/mol. The van der Waals surface area contributed by atoms with Crippen LogP contribution in [-0.2, 0) is 10.0 Å². The van der Waals surface area contributed by atoms with Crippen molar-refractivity contribution in [3.05, 3.63) is 59.7 Å². The Morgan fingerprint density at radius 3 is 2.46 bits per heavy atom. The van der Waals surface area contributed by atoms with Crippen LogP contribution in [0.1, 0.15) is 36.4 Å². The molecule has 1 aliphatic heterocycles. The molecule has 1 fully saturated rings. The molecule has 3 rings (SSSR count). The van der Waals surface area contributed by atoms with Crippen molar-refractivity contribution in [2.45, 2.75) is 37.1 Å². The Kier molecular flexibility index (Phi) is 4.92. The Balaban J connectivity index is 2.02. The first-order chi connectivity index (χ1) is 11.5. The first kappa shape index (κ1) is 17.0. The van der Waals surface area contributed by atoms with E-state index in [1.165, 1.54) is 0 Å². The van der Waals surface area contributed by atoms with E-state index in [4.69, 9.17) is 4.74 Å². The second-order valence-corrected chi connectivity index (χ2v) is 8.07. The van der Waals surface area contributed by atoms with Gasteiger partial charge in [0.1, 0.15) is 5.75 Å². The summed E-state index contributed by atoms with van der Waals surface area (Å²) in [6.07, 6.45) is 2.71. The third-order valence-corrected chi connectivity index (χ3v) is 6.50. The second kappa shape index (κ2) is 6.95. The van der Waals surface area contributed by atoms with Gasteiger partial charge < -0.3 is 4.74 Å². The van der Waals surface area contributed by atoms with Crippen LogP contribution >= 0.6 is 0 Å². The van der Waals surface area contributed by atoms with Crippen LogP contribution in [0.2, 0.25) is 0 Å². The lowest BCUT2D eigenvalue weighted by Crippen LogP contribution is -2.38. The van der Waals surface area contributed by atoms with E-state index in [1.807, 2.05) is 43.3 Å². The van der Waals surface area contributed by atoms with Crippen molar-refractivity contribution in [3.8, 4) is 5.75 Å². The molecule has 1 saturated heterocycles. The molecule has 24 heavy (non-hydrogen) atoms. The number of aryl methyl sites for hydroxylation is 1. The fraction of sp³-hybridized carbons (Fsp3) is 0.368. The number of nitrogens with zero attached hydrogens (tertiary/aromatic N) is 1. The maximum Gasteiger partial charge on any atom is 0.243 e. The summed E-state index contributed by atoms with van der Waals surface area (Å²) in [5.74, 6) is 0.744. The summed E-state index contributed by atoms with van der Waals surface area (Å²) in [4.78, 5) is 0.356. The number of sulfonamides is 1. The highest BCUT2D eigenvalue weighted by Gasteiger charge is 2.35. The molecule has 2 aromatic rings. The molecule has 5 heteroatoms.